The largest absolute Gasteiger partial charge is 0.796 e. The minimum absolute atomic E-state index is 0. The molecule has 0 bridgehead atoms. The maximum Gasteiger partial charge on any atom is 0 e. The fourth-order valence-corrected chi connectivity index (χ4v) is 0. The molecule has 0 heterocycles. The van der Waals surface area contributed by atoms with Gasteiger partial charge in [-0.1, -0.05) is 0 Å². The Hall–Kier alpha value is 1.87. The van der Waals surface area contributed by atoms with E-state index in [1.165, 1.54) is 0 Å². The summed E-state index contributed by atoms with van der Waals surface area (Å²) >= 11 is 12.2. The minimum Gasteiger partial charge on any atom is -0.796 e. The summed E-state index contributed by atoms with van der Waals surface area (Å²) in [4.78, 5) is 0. The molecular formula is C3H11S3Sb-3. The SMILES string of the molecule is C[S-].C[S-].C[S-].[HH].[Sb]. The van der Waals surface area contributed by atoms with Gasteiger partial charge in [-0.05, 0) is 0 Å². The van der Waals surface area contributed by atoms with Crippen molar-refractivity contribution in [3.05, 3.63) is 0 Å². The first-order valence-electron chi connectivity index (χ1n) is 1.22. The molecule has 0 unspecified atom stereocenters. The van der Waals surface area contributed by atoms with Crippen LogP contribution in [0.3, 0.4) is 0 Å². The molecule has 0 aromatic rings. The molecule has 3 radical (unpaired) electrons. The zero-order valence-corrected chi connectivity index (χ0v) is 9.67. The Morgan fingerprint density at radius 1 is 0.714 bits per heavy atom. The first-order chi connectivity index (χ1) is 3.00. The minimum atomic E-state index is 0. The molecule has 0 spiro atoms. The maximum atomic E-state index is 4.08. The molecule has 0 aromatic heterocycles. The van der Waals surface area contributed by atoms with E-state index in [2.05, 4.69) is 37.9 Å². The topological polar surface area (TPSA) is 0 Å². The van der Waals surface area contributed by atoms with Crippen LogP contribution in [-0.2, 0) is 37.9 Å². The fraction of sp³-hybridized carbons (Fsp3) is 1.00. The summed E-state index contributed by atoms with van der Waals surface area (Å²) in [5, 5.41) is 0. The van der Waals surface area contributed by atoms with Crippen LogP contribution >= 0.6 is 0 Å². The maximum absolute atomic E-state index is 4.08. The molecule has 7 heavy (non-hydrogen) atoms. The number of rotatable bonds is 0. The summed E-state index contributed by atoms with van der Waals surface area (Å²) in [6.45, 7) is 0. The van der Waals surface area contributed by atoms with Crippen LogP contribution in [0.4, 0.5) is 0 Å². The molecule has 49 valence electrons. The van der Waals surface area contributed by atoms with Crippen molar-refractivity contribution >= 4 is 62.3 Å². The Labute approximate surface area is 82.0 Å². The summed E-state index contributed by atoms with van der Waals surface area (Å²) in [5.41, 5.74) is 0. The quantitative estimate of drug-likeness (QED) is 0.458. The van der Waals surface area contributed by atoms with E-state index in [1.54, 1.807) is 18.8 Å². The van der Waals surface area contributed by atoms with Crippen molar-refractivity contribution < 1.29 is 1.43 Å². The molecule has 0 amide bonds. The molecular weight excluding hydrogens is 254 g/mol. The third-order valence-corrected chi connectivity index (χ3v) is 0. The van der Waals surface area contributed by atoms with Crippen molar-refractivity contribution in [2.45, 2.75) is 0 Å². The molecule has 0 fully saturated rings. The summed E-state index contributed by atoms with van der Waals surface area (Å²) in [6, 6.07) is 0. The normalized spacial score (nSPS) is 2.57. The van der Waals surface area contributed by atoms with Gasteiger partial charge < -0.3 is 37.9 Å². The summed E-state index contributed by atoms with van der Waals surface area (Å²) in [5.74, 6) is 0. The summed E-state index contributed by atoms with van der Waals surface area (Å²) in [6.07, 6.45) is 4.75. The van der Waals surface area contributed by atoms with Crippen molar-refractivity contribution in [1.29, 1.82) is 0 Å². The van der Waals surface area contributed by atoms with Gasteiger partial charge in [-0.3, -0.25) is 0 Å². The van der Waals surface area contributed by atoms with E-state index < -0.39 is 0 Å². The average Bonchev–Trinajstić information content (AvgIpc) is 1.81. The van der Waals surface area contributed by atoms with Crippen molar-refractivity contribution in [3.8, 4) is 0 Å². The molecule has 0 saturated carbocycles. The smallest absolute Gasteiger partial charge is 0 e. The van der Waals surface area contributed by atoms with Crippen LogP contribution in [0.2, 0.25) is 0 Å². The van der Waals surface area contributed by atoms with Crippen LogP contribution in [0.15, 0.2) is 0 Å². The standard InChI is InChI=1S/3CH4S.Sb.H2/c3*1-2;;/h3*2H,1H3;;1H/p-3. The third-order valence-electron chi connectivity index (χ3n) is 0. The number of hydrogen-bond acceptors (Lipinski definition) is 3. The van der Waals surface area contributed by atoms with E-state index in [0.717, 1.165) is 0 Å². The first kappa shape index (κ1) is 23.2. The molecule has 0 rings (SSSR count). The van der Waals surface area contributed by atoms with Gasteiger partial charge in [-0.25, -0.2) is 0 Å². The molecule has 0 aromatic carbocycles. The van der Waals surface area contributed by atoms with Gasteiger partial charge in [-0.2, -0.15) is 18.8 Å². The molecule has 0 N–H and O–H groups in total. The second-order valence-electron chi connectivity index (χ2n) is 0. The molecule has 0 saturated heterocycles. The molecule has 0 aliphatic heterocycles. The van der Waals surface area contributed by atoms with Crippen molar-refractivity contribution in [3.63, 3.8) is 0 Å². The zero-order valence-electron chi connectivity index (χ0n) is 4.67. The van der Waals surface area contributed by atoms with Crippen molar-refractivity contribution in [2.24, 2.45) is 0 Å². The zero-order chi connectivity index (χ0) is 6.00. The summed E-state index contributed by atoms with van der Waals surface area (Å²) < 4.78 is 0. The molecule has 4 heteroatoms. The van der Waals surface area contributed by atoms with Crippen LogP contribution < -0.4 is 0 Å². The molecule has 0 atom stereocenters. The molecule has 0 aliphatic carbocycles. The molecule has 0 nitrogen and oxygen atoms in total. The van der Waals surface area contributed by atoms with Gasteiger partial charge in [0.2, 0.25) is 0 Å². The van der Waals surface area contributed by atoms with E-state index in [4.69, 9.17) is 0 Å². The van der Waals surface area contributed by atoms with E-state index in [1.807, 2.05) is 0 Å². The fourth-order valence-electron chi connectivity index (χ4n) is 0. The van der Waals surface area contributed by atoms with E-state index in [-0.39, 0.29) is 25.9 Å². The summed E-state index contributed by atoms with van der Waals surface area (Å²) in [7, 11) is 0. The predicted octanol–water partition coefficient (Wildman–Crippen LogP) is 0.355. The second kappa shape index (κ2) is 106. The van der Waals surface area contributed by atoms with Gasteiger partial charge in [-0.15, -0.1) is 0 Å². The van der Waals surface area contributed by atoms with Gasteiger partial charge in [0, 0.05) is 25.9 Å². The van der Waals surface area contributed by atoms with E-state index in [9.17, 15) is 0 Å². The average molecular weight is 265 g/mol. The van der Waals surface area contributed by atoms with E-state index in [0.29, 0.717) is 0 Å². The van der Waals surface area contributed by atoms with Gasteiger partial charge in [0.05, 0.1) is 0 Å². The van der Waals surface area contributed by atoms with Gasteiger partial charge in [0.25, 0.3) is 0 Å². The van der Waals surface area contributed by atoms with Crippen LogP contribution in [0.5, 0.6) is 0 Å². The van der Waals surface area contributed by atoms with Gasteiger partial charge in [0.15, 0.2) is 0 Å². The van der Waals surface area contributed by atoms with Crippen LogP contribution in [0, 0.1) is 0 Å². The van der Waals surface area contributed by atoms with E-state index >= 15 is 0 Å². The molecule has 0 aliphatic rings. The number of hydrogen-bond donors (Lipinski definition) is 0. The van der Waals surface area contributed by atoms with Crippen molar-refractivity contribution in [1.82, 2.24) is 0 Å². The monoisotopic (exact) mass is 264 g/mol. The van der Waals surface area contributed by atoms with Crippen LogP contribution in [-0.4, -0.2) is 43.2 Å². The van der Waals surface area contributed by atoms with Crippen LogP contribution in [0.25, 0.3) is 0 Å². The Bertz CT molecular complexity index is 14.5. The van der Waals surface area contributed by atoms with Gasteiger partial charge in [0.1, 0.15) is 0 Å². The Balaban J connectivity index is -0.00000000500. The van der Waals surface area contributed by atoms with Gasteiger partial charge >= 0.3 is 0 Å². The predicted molar refractivity (Wildman–Crippen MR) is 47.7 cm³/mol. The third kappa shape index (κ3) is 77.6. The van der Waals surface area contributed by atoms with Crippen molar-refractivity contribution in [2.75, 3.05) is 18.8 Å². The second-order valence-corrected chi connectivity index (χ2v) is 0. The van der Waals surface area contributed by atoms with Crippen LogP contribution in [0.1, 0.15) is 1.43 Å². The Morgan fingerprint density at radius 3 is 0.714 bits per heavy atom. The first-order valence-corrected chi connectivity index (χ1v) is 3.67. The Kier molecular flexibility index (Phi) is 352. The Morgan fingerprint density at radius 2 is 0.714 bits per heavy atom.